The second-order valence-electron chi connectivity index (χ2n) is 8.65. The van der Waals surface area contributed by atoms with Crippen molar-refractivity contribution < 1.29 is 18.4 Å². The van der Waals surface area contributed by atoms with Gasteiger partial charge in [0.05, 0.1) is 10.3 Å². The Morgan fingerprint density at radius 3 is 2.39 bits per heavy atom. The SMILES string of the molecule is O=C(NCC1(C(=O)N2CCCC2)CC(F)(F)C1)c1cc2c(s1)CCCCCC2. The summed E-state index contributed by atoms with van der Waals surface area (Å²) in [4.78, 5) is 29.2. The highest BCUT2D eigenvalue weighted by atomic mass is 32.1. The average Bonchev–Trinajstić information content (AvgIpc) is 3.27. The van der Waals surface area contributed by atoms with Crippen molar-refractivity contribution in [3.05, 3.63) is 21.4 Å². The minimum absolute atomic E-state index is 0.000671. The molecule has 2 amide bonds. The summed E-state index contributed by atoms with van der Waals surface area (Å²) < 4.78 is 27.4. The summed E-state index contributed by atoms with van der Waals surface area (Å²) >= 11 is 1.52. The minimum atomic E-state index is -2.81. The molecule has 1 saturated heterocycles. The molecule has 0 spiro atoms. The quantitative estimate of drug-likeness (QED) is 0.810. The number of halogens is 2. The number of aryl methyl sites for hydroxylation is 2. The lowest BCUT2D eigenvalue weighted by atomic mass is 9.65. The molecule has 0 unspecified atom stereocenters. The maximum atomic E-state index is 13.7. The maximum Gasteiger partial charge on any atom is 0.261 e. The normalized spacial score (nSPS) is 23.3. The Hall–Kier alpha value is -1.50. The first-order valence-electron chi connectivity index (χ1n) is 10.5. The molecule has 3 aliphatic rings. The van der Waals surface area contributed by atoms with E-state index in [2.05, 4.69) is 5.32 Å². The van der Waals surface area contributed by atoms with E-state index in [1.807, 2.05) is 6.07 Å². The van der Waals surface area contributed by atoms with Crippen LogP contribution in [0, 0.1) is 5.41 Å². The number of carbonyl (C=O) groups is 2. The summed E-state index contributed by atoms with van der Waals surface area (Å²) in [5, 5.41) is 2.81. The van der Waals surface area contributed by atoms with E-state index in [1.165, 1.54) is 34.6 Å². The molecule has 4 rings (SSSR count). The third-order valence-electron chi connectivity index (χ3n) is 6.35. The van der Waals surface area contributed by atoms with Gasteiger partial charge in [-0.2, -0.15) is 0 Å². The monoisotopic (exact) mass is 410 g/mol. The van der Waals surface area contributed by atoms with Gasteiger partial charge >= 0.3 is 0 Å². The molecule has 1 aliphatic heterocycles. The fraction of sp³-hybridized carbons (Fsp3) is 0.714. The number of thiophene rings is 1. The standard InChI is InChI=1S/C21H28F2N2O2S/c22-21(23)12-20(13-21,19(27)25-9-5-6-10-25)14-24-18(26)17-11-15-7-3-1-2-4-8-16(15)28-17/h11H,1-10,12-14H2,(H,24,26). The van der Waals surface area contributed by atoms with Gasteiger partial charge in [-0.25, -0.2) is 8.78 Å². The van der Waals surface area contributed by atoms with E-state index in [9.17, 15) is 18.4 Å². The van der Waals surface area contributed by atoms with Gasteiger partial charge in [0, 0.05) is 37.4 Å². The third kappa shape index (κ3) is 3.95. The van der Waals surface area contributed by atoms with Crippen molar-refractivity contribution in [3.63, 3.8) is 0 Å². The predicted octanol–water partition coefficient (Wildman–Crippen LogP) is 4.17. The van der Waals surface area contributed by atoms with Crippen molar-refractivity contribution in [2.75, 3.05) is 19.6 Å². The molecule has 2 heterocycles. The molecule has 2 aliphatic carbocycles. The van der Waals surface area contributed by atoms with Crippen LogP contribution in [-0.2, 0) is 17.6 Å². The highest BCUT2D eigenvalue weighted by Gasteiger charge is 2.61. The Morgan fingerprint density at radius 1 is 1.04 bits per heavy atom. The van der Waals surface area contributed by atoms with Crippen molar-refractivity contribution in [3.8, 4) is 0 Å². The van der Waals surface area contributed by atoms with Gasteiger partial charge in [0.2, 0.25) is 11.8 Å². The highest BCUT2D eigenvalue weighted by Crippen LogP contribution is 2.53. The molecule has 4 nitrogen and oxygen atoms in total. The van der Waals surface area contributed by atoms with Gasteiger partial charge in [-0.3, -0.25) is 9.59 Å². The lowest BCUT2D eigenvalue weighted by Gasteiger charge is -2.47. The van der Waals surface area contributed by atoms with Gasteiger partial charge in [0.25, 0.3) is 5.91 Å². The molecule has 28 heavy (non-hydrogen) atoms. The Balaban J connectivity index is 1.43. The number of carbonyl (C=O) groups excluding carboxylic acids is 2. The smallest absolute Gasteiger partial charge is 0.261 e. The average molecular weight is 411 g/mol. The number of hydrogen-bond acceptors (Lipinski definition) is 3. The first kappa shape index (κ1) is 19.8. The number of hydrogen-bond donors (Lipinski definition) is 1. The van der Waals surface area contributed by atoms with Gasteiger partial charge < -0.3 is 10.2 Å². The van der Waals surface area contributed by atoms with Crippen LogP contribution in [0.1, 0.15) is 71.5 Å². The maximum absolute atomic E-state index is 13.7. The molecule has 0 bridgehead atoms. The second kappa shape index (κ2) is 7.73. The molecule has 1 saturated carbocycles. The van der Waals surface area contributed by atoms with Crippen LogP contribution in [0.4, 0.5) is 8.78 Å². The fourth-order valence-electron chi connectivity index (χ4n) is 4.84. The van der Waals surface area contributed by atoms with Crippen molar-refractivity contribution in [1.29, 1.82) is 0 Å². The van der Waals surface area contributed by atoms with Crippen LogP contribution in [0.25, 0.3) is 0 Å². The zero-order chi connectivity index (χ0) is 19.8. The zero-order valence-electron chi connectivity index (χ0n) is 16.2. The van der Waals surface area contributed by atoms with Gasteiger partial charge in [-0.1, -0.05) is 12.8 Å². The molecule has 1 aromatic heterocycles. The number of fused-ring (bicyclic) bond motifs is 1. The van der Waals surface area contributed by atoms with E-state index in [-0.39, 0.29) is 18.4 Å². The number of nitrogens with zero attached hydrogens (tertiary/aromatic N) is 1. The summed E-state index contributed by atoms with van der Waals surface area (Å²) in [7, 11) is 0. The highest BCUT2D eigenvalue weighted by molar-refractivity contribution is 7.14. The minimum Gasteiger partial charge on any atom is -0.350 e. The van der Waals surface area contributed by atoms with Gasteiger partial charge in [0.15, 0.2) is 0 Å². The molecule has 0 aromatic carbocycles. The van der Waals surface area contributed by atoms with E-state index in [1.54, 1.807) is 4.90 Å². The third-order valence-corrected chi connectivity index (χ3v) is 7.58. The van der Waals surface area contributed by atoms with E-state index in [0.717, 1.165) is 38.5 Å². The summed E-state index contributed by atoms with van der Waals surface area (Å²) in [6.07, 6.45) is 7.69. The molecule has 0 radical (unpaired) electrons. The summed E-state index contributed by atoms with van der Waals surface area (Å²) in [6.45, 7) is 1.27. The zero-order valence-corrected chi connectivity index (χ0v) is 17.0. The first-order chi connectivity index (χ1) is 13.4. The molecule has 154 valence electrons. The summed E-state index contributed by atoms with van der Waals surface area (Å²) in [5.74, 6) is -3.26. The summed E-state index contributed by atoms with van der Waals surface area (Å²) in [6, 6.07) is 1.96. The van der Waals surface area contributed by atoms with Crippen LogP contribution in [0.15, 0.2) is 6.07 Å². The Kier molecular flexibility index (Phi) is 5.47. The Morgan fingerprint density at radius 2 is 1.71 bits per heavy atom. The number of amides is 2. The molecule has 2 fully saturated rings. The first-order valence-corrected chi connectivity index (χ1v) is 11.3. The number of nitrogens with one attached hydrogen (secondary N) is 1. The van der Waals surface area contributed by atoms with Crippen molar-refractivity contribution in [2.45, 2.75) is 70.1 Å². The molecule has 7 heteroatoms. The van der Waals surface area contributed by atoms with Gasteiger partial charge in [0.1, 0.15) is 0 Å². The topological polar surface area (TPSA) is 49.4 Å². The fourth-order valence-corrected chi connectivity index (χ4v) is 6.01. The summed E-state index contributed by atoms with van der Waals surface area (Å²) in [5.41, 5.74) is 0.114. The number of alkyl halides is 2. The second-order valence-corrected chi connectivity index (χ2v) is 9.78. The number of likely N-dealkylation sites (tertiary alicyclic amines) is 1. The van der Waals surface area contributed by atoms with E-state index in [0.29, 0.717) is 18.0 Å². The van der Waals surface area contributed by atoms with Crippen LogP contribution in [0.5, 0.6) is 0 Å². The Bertz CT molecular complexity index is 722. The van der Waals surface area contributed by atoms with Crippen LogP contribution in [0.2, 0.25) is 0 Å². The van der Waals surface area contributed by atoms with Crippen LogP contribution >= 0.6 is 11.3 Å². The van der Waals surface area contributed by atoms with Crippen LogP contribution in [0.3, 0.4) is 0 Å². The molecular formula is C21H28F2N2O2S. The lowest BCUT2D eigenvalue weighted by molar-refractivity contribution is -0.185. The van der Waals surface area contributed by atoms with Gasteiger partial charge in [-0.15, -0.1) is 11.3 Å². The Labute approximate surface area is 168 Å². The molecular weight excluding hydrogens is 382 g/mol. The van der Waals surface area contributed by atoms with Crippen LogP contribution < -0.4 is 5.32 Å². The molecule has 1 aromatic rings. The molecule has 0 atom stereocenters. The van der Waals surface area contributed by atoms with Crippen molar-refractivity contribution >= 4 is 23.2 Å². The van der Waals surface area contributed by atoms with Crippen LogP contribution in [-0.4, -0.2) is 42.3 Å². The molecule has 1 N–H and O–H groups in total. The van der Waals surface area contributed by atoms with Crippen molar-refractivity contribution in [2.24, 2.45) is 5.41 Å². The van der Waals surface area contributed by atoms with E-state index < -0.39 is 24.2 Å². The largest absolute Gasteiger partial charge is 0.350 e. The van der Waals surface area contributed by atoms with Crippen molar-refractivity contribution in [1.82, 2.24) is 10.2 Å². The number of rotatable bonds is 4. The van der Waals surface area contributed by atoms with Gasteiger partial charge in [-0.05, 0) is 50.2 Å². The lowest BCUT2D eigenvalue weighted by Crippen LogP contribution is -2.60. The van der Waals surface area contributed by atoms with E-state index in [4.69, 9.17) is 0 Å². The van der Waals surface area contributed by atoms with E-state index >= 15 is 0 Å². The predicted molar refractivity (Wildman–Crippen MR) is 105 cm³/mol.